The molecule has 7 heteroatoms. The summed E-state index contributed by atoms with van der Waals surface area (Å²) in [6, 6.07) is 14.9. The van der Waals surface area contributed by atoms with Crippen LogP contribution in [0.25, 0.3) is 0 Å². The second-order valence-electron chi connectivity index (χ2n) is 6.37. The van der Waals surface area contributed by atoms with Gasteiger partial charge in [0, 0.05) is 21.3 Å². The molecule has 6 nitrogen and oxygen atoms in total. The topological polar surface area (TPSA) is 68.5 Å². The molecular weight excluding hydrogens is 420 g/mol. The van der Waals surface area contributed by atoms with Crippen molar-refractivity contribution in [2.24, 2.45) is 5.10 Å². The van der Waals surface area contributed by atoms with E-state index in [4.69, 9.17) is 4.74 Å². The Morgan fingerprint density at radius 2 is 2.07 bits per heavy atom. The fourth-order valence-electron chi connectivity index (χ4n) is 2.86. The molecule has 1 N–H and O–H groups in total. The number of nitrogens with one attached hydrogen (secondary N) is 1. The van der Waals surface area contributed by atoms with Crippen LogP contribution in [0.15, 0.2) is 58.1 Å². The minimum atomic E-state index is -0.270. The van der Waals surface area contributed by atoms with Crippen LogP contribution < -0.4 is 10.2 Å². The number of rotatable bonds is 6. The monoisotopic (exact) mass is 440 g/mol. The molecule has 144 valence electrons. The quantitative estimate of drug-likeness (QED) is 0.463. The van der Waals surface area contributed by atoms with Gasteiger partial charge in [0.25, 0.3) is 5.91 Å². The van der Waals surface area contributed by atoms with Crippen molar-refractivity contribution in [1.82, 2.24) is 15.2 Å². The predicted octanol–water partition coefficient (Wildman–Crippen LogP) is 4.08. The first-order chi connectivity index (χ1) is 13.5. The van der Waals surface area contributed by atoms with Gasteiger partial charge < -0.3 is 4.74 Å². The first-order valence-electron chi connectivity index (χ1n) is 8.73. The first-order valence-corrected chi connectivity index (χ1v) is 9.52. The number of hydrogen-bond acceptors (Lipinski definition) is 4. The molecule has 1 heterocycles. The number of aryl methyl sites for hydroxylation is 2. The van der Waals surface area contributed by atoms with Gasteiger partial charge in [0.2, 0.25) is 0 Å². The minimum absolute atomic E-state index is 0.270. The van der Waals surface area contributed by atoms with Crippen molar-refractivity contribution in [3.05, 3.63) is 81.1 Å². The maximum Gasteiger partial charge on any atom is 0.271 e. The Hall–Kier alpha value is -2.93. The van der Waals surface area contributed by atoms with Gasteiger partial charge in [-0.3, -0.25) is 9.48 Å². The highest BCUT2D eigenvalue weighted by Gasteiger charge is 2.08. The zero-order valence-electron chi connectivity index (χ0n) is 15.9. The molecule has 0 aliphatic carbocycles. The summed E-state index contributed by atoms with van der Waals surface area (Å²) in [7, 11) is 1.64. The number of carbonyl (C=O) groups excluding carboxylic acids is 1. The maximum absolute atomic E-state index is 12.2. The number of benzene rings is 2. The van der Waals surface area contributed by atoms with E-state index in [2.05, 4.69) is 31.6 Å². The molecule has 1 amide bonds. The lowest BCUT2D eigenvalue weighted by Crippen LogP contribution is -2.17. The van der Waals surface area contributed by atoms with E-state index in [1.54, 1.807) is 31.5 Å². The van der Waals surface area contributed by atoms with E-state index < -0.39 is 0 Å². The summed E-state index contributed by atoms with van der Waals surface area (Å²) in [6.07, 6.45) is 1.61. The second kappa shape index (κ2) is 8.84. The second-order valence-corrected chi connectivity index (χ2v) is 7.28. The highest BCUT2D eigenvalue weighted by atomic mass is 79.9. The van der Waals surface area contributed by atoms with Crippen LogP contribution in [0.3, 0.4) is 0 Å². The third kappa shape index (κ3) is 4.86. The number of aromatic nitrogens is 2. The molecular formula is C21H21BrN4O2. The van der Waals surface area contributed by atoms with Crippen molar-refractivity contribution < 1.29 is 9.53 Å². The van der Waals surface area contributed by atoms with Gasteiger partial charge in [-0.15, -0.1) is 0 Å². The summed E-state index contributed by atoms with van der Waals surface area (Å²) >= 11 is 3.35. The zero-order chi connectivity index (χ0) is 20.1. The summed E-state index contributed by atoms with van der Waals surface area (Å²) in [4.78, 5) is 12.2. The van der Waals surface area contributed by atoms with E-state index >= 15 is 0 Å². The highest BCUT2D eigenvalue weighted by molar-refractivity contribution is 9.10. The number of ether oxygens (including phenoxy) is 1. The van der Waals surface area contributed by atoms with E-state index in [1.165, 1.54) is 0 Å². The molecule has 0 atom stereocenters. The number of hydrazone groups is 1. The Labute approximate surface area is 172 Å². The molecule has 0 bridgehead atoms. The standard InChI is InChI=1S/C21H21BrN4O2/c1-14-9-15(2)26(25-14)13-18-10-16(7-8-20(18)28-3)12-23-24-21(27)17-5-4-6-19(22)11-17/h4-12H,13H2,1-3H3,(H,24,27)/b23-12-. The average molecular weight is 441 g/mol. The van der Waals surface area contributed by atoms with Crippen LogP contribution in [0.5, 0.6) is 5.75 Å². The fourth-order valence-corrected chi connectivity index (χ4v) is 3.26. The van der Waals surface area contributed by atoms with Crippen LogP contribution >= 0.6 is 15.9 Å². The number of carbonyl (C=O) groups is 1. The van der Waals surface area contributed by atoms with E-state index in [0.29, 0.717) is 12.1 Å². The number of nitrogens with zero attached hydrogens (tertiary/aromatic N) is 3. The lowest BCUT2D eigenvalue weighted by molar-refractivity contribution is 0.0955. The molecule has 0 spiro atoms. The van der Waals surface area contributed by atoms with Gasteiger partial charge in [0.05, 0.1) is 25.6 Å². The SMILES string of the molecule is COc1ccc(/C=N\NC(=O)c2cccc(Br)c2)cc1Cn1nc(C)cc1C. The van der Waals surface area contributed by atoms with Gasteiger partial charge in [0.15, 0.2) is 0 Å². The predicted molar refractivity (Wildman–Crippen MR) is 113 cm³/mol. The molecule has 0 unspecified atom stereocenters. The number of hydrogen-bond donors (Lipinski definition) is 1. The van der Waals surface area contributed by atoms with Crippen LogP contribution in [0.4, 0.5) is 0 Å². The number of halogens is 1. The van der Waals surface area contributed by atoms with Gasteiger partial charge >= 0.3 is 0 Å². The van der Waals surface area contributed by atoms with E-state index in [-0.39, 0.29) is 5.91 Å². The largest absolute Gasteiger partial charge is 0.496 e. The van der Waals surface area contributed by atoms with Gasteiger partial charge in [0.1, 0.15) is 5.75 Å². The molecule has 0 aliphatic heterocycles. The van der Waals surface area contributed by atoms with Crippen molar-refractivity contribution in [1.29, 1.82) is 0 Å². The van der Waals surface area contributed by atoms with Crippen LogP contribution in [0.2, 0.25) is 0 Å². The van der Waals surface area contributed by atoms with E-state index in [1.807, 2.05) is 48.9 Å². The molecule has 3 rings (SSSR count). The molecule has 0 saturated heterocycles. The third-order valence-corrected chi connectivity index (χ3v) is 4.69. The summed E-state index contributed by atoms with van der Waals surface area (Å²) < 4.78 is 8.25. The van der Waals surface area contributed by atoms with Crippen molar-refractivity contribution in [2.45, 2.75) is 20.4 Å². The lowest BCUT2D eigenvalue weighted by Gasteiger charge is -2.11. The first kappa shape index (κ1) is 19.8. The number of methoxy groups -OCH3 is 1. The molecule has 0 saturated carbocycles. The van der Waals surface area contributed by atoms with Gasteiger partial charge in [-0.25, -0.2) is 5.43 Å². The molecule has 2 aromatic carbocycles. The summed E-state index contributed by atoms with van der Waals surface area (Å²) in [5.41, 5.74) is 6.98. The van der Waals surface area contributed by atoms with Crippen molar-refractivity contribution in [3.8, 4) is 5.75 Å². The van der Waals surface area contributed by atoms with E-state index in [9.17, 15) is 4.79 Å². The van der Waals surface area contributed by atoms with Gasteiger partial charge in [-0.1, -0.05) is 22.0 Å². The van der Waals surface area contributed by atoms with Gasteiger partial charge in [-0.2, -0.15) is 10.2 Å². The molecule has 3 aromatic rings. The van der Waals surface area contributed by atoms with Crippen LogP contribution in [-0.2, 0) is 6.54 Å². The fraction of sp³-hybridized carbons (Fsp3) is 0.190. The molecule has 0 fully saturated rings. The molecule has 1 aromatic heterocycles. The summed E-state index contributed by atoms with van der Waals surface area (Å²) in [6.45, 7) is 4.59. The number of amides is 1. The Balaban J connectivity index is 1.74. The van der Waals surface area contributed by atoms with Crippen molar-refractivity contribution >= 4 is 28.1 Å². The lowest BCUT2D eigenvalue weighted by atomic mass is 10.1. The molecule has 0 aliphatic rings. The Kier molecular flexibility index (Phi) is 6.26. The normalized spacial score (nSPS) is 11.0. The Bertz CT molecular complexity index is 1030. The van der Waals surface area contributed by atoms with Crippen LogP contribution in [-0.4, -0.2) is 29.0 Å². The third-order valence-electron chi connectivity index (χ3n) is 4.19. The zero-order valence-corrected chi connectivity index (χ0v) is 17.5. The average Bonchev–Trinajstić information content (AvgIpc) is 2.99. The van der Waals surface area contributed by atoms with Crippen molar-refractivity contribution in [2.75, 3.05) is 7.11 Å². The van der Waals surface area contributed by atoms with Crippen LogP contribution in [0, 0.1) is 13.8 Å². The van der Waals surface area contributed by atoms with E-state index in [0.717, 1.165) is 32.7 Å². The Morgan fingerprint density at radius 1 is 1.25 bits per heavy atom. The summed E-state index contributed by atoms with van der Waals surface area (Å²) in [5.74, 6) is 0.511. The molecule has 0 radical (unpaired) electrons. The minimum Gasteiger partial charge on any atom is -0.496 e. The highest BCUT2D eigenvalue weighted by Crippen LogP contribution is 2.21. The smallest absolute Gasteiger partial charge is 0.271 e. The van der Waals surface area contributed by atoms with Crippen molar-refractivity contribution in [3.63, 3.8) is 0 Å². The Morgan fingerprint density at radius 3 is 2.75 bits per heavy atom. The molecule has 28 heavy (non-hydrogen) atoms. The van der Waals surface area contributed by atoms with Crippen LogP contribution in [0.1, 0.15) is 32.9 Å². The van der Waals surface area contributed by atoms with Gasteiger partial charge in [-0.05, 0) is 61.9 Å². The summed E-state index contributed by atoms with van der Waals surface area (Å²) in [5, 5.41) is 8.57. The maximum atomic E-state index is 12.2.